The molecule has 0 saturated carbocycles. The van der Waals surface area contributed by atoms with Crippen molar-refractivity contribution in [1.29, 1.82) is 0 Å². The Bertz CT molecular complexity index is 1350. The number of ether oxygens (including phenoxy) is 1. The molecular weight excluding hydrogens is 552 g/mol. The molecule has 11 nitrogen and oxygen atoms in total. The minimum Gasteiger partial charge on any atom is -0.380 e. The first-order valence-electron chi connectivity index (χ1n) is 13.7. The molecule has 1 N–H and O–H groups in total. The number of nitrogens with zero attached hydrogens (tertiary/aromatic N) is 5. The van der Waals surface area contributed by atoms with Gasteiger partial charge in [0, 0.05) is 75.5 Å². The molecule has 3 aliphatic heterocycles. The maximum Gasteiger partial charge on any atom is 0.278 e. The van der Waals surface area contributed by atoms with Crippen LogP contribution in [0.5, 0.6) is 0 Å². The molecule has 4 heterocycles. The second kappa shape index (κ2) is 12.3. The van der Waals surface area contributed by atoms with E-state index in [9.17, 15) is 18.0 Å². The van der Waals surface area contributed by atoms with Gasteiger partial charge in [-0.1, -0.05) is 12.1 Å². The Balaban J connectivity index is 1.28. The number of nitrogens with one attached hydrogen (secondary N) is 1. The average Bonchev–Trinajstić information content (AvgIpc) is 3.71. The van der Waals surface area contributed by atoms with Crippen molar-refractivity contribution >= 4 is 43.8 Å². The Morgan fingerprint density at radius 1 is 1.15 bits per heavy atom. The molecule has 2 atom stereocenters. The van der Waals surface area contributed by atoms with Crippen molar-refractivity contribution in [2.75, 3.05) is 51.3 Å². The van der Waals surface area contributed by atoms with E-state index in [1.165, 1.54) is 11.3 Å². The van der Waals surface area contributed by atoms with Gasteiger partial charge in [0.1, 0.15) is 0 Å². The fourth-order valence-corrected chi connectivity index (χ4v) is 7.82. The molecule has 2 amide bonds. The van der Waals surface area contributed by atoms with Crippen LogP contribution >= 0.6 is 11.3 Å². The number of aromatic nitrogens is 1. The molecule has 0 radical (unpaired) electrons. The van der Waals surface area contributed by atoms with E-state index >= 15 is 0 Å². The van der Waals surface area contributed by atoms with Crippen molar-refractivity contribution in [3.63, 3.8) is 0 Å². The Labute approximate surface area is 239 Å². The maximum absolute atomic E-state index is 13.4. The van der Waals surface area contributed by atoms with Gasteiger partial charge in [0.2, 0.25) is 5.91 Å². The van der Waals surface area contributed by atoms with E-state index in [-0.39, 0.29) is 29.2 Å². The lowest BCUT2D eigenvalue weighted by Gasteiger charge is -2.39. The number of thiazole rings is 1. The highest BCUT2D eigenvalue weighted by Gasteiger charge is 2.31. The summed E-state index contributed by atoms with van der Waals surface area (Å²) >= 11 is 1.41. The second-order valence-corrected chi connectivity index (χ2v) is 13.9. The Kier molecular flexibility index (Phi) is 8.83. The van der Waals surface area contributed by atoms with Crippen LogP contribution in [-0.2, 0) is 30.7 Å². The summed E-state index contributed by atoms with van der Waals surface area (Å²) in [4.78, 5) is 35.1. The molecule has 40 heavy (non-hydrogen) atoms. The highest BCUT2D eigenvalue weighted by atomic mass is 32.2. The van der Waals surface area contributed by atoms with Gasteiger partial charge in [0.25, 0.3) is 5.91 Å². The van der Waals surface area contributed by atoms with Crippen LogP contribution in [0.15, 0.2) is 40.5 Å². The van der Waals surface area contributed by atoms with Gasteiger partial charge in [-0.2, -0.15) is 5.10 Å². The number of rotatable bonds is 8. The molecule has 5 rings (SSSR count). The lowest BCUT2D eigenvalue weighted by atomic mass is 10.1. The van der Waals surface area contributed by atoms with Crippen LogP contribution in [0.4, 0.5) is 5.13 Å². The summed E-state index contributed by atoms with van der Waals surface area (Å²) in [5, 5.41) is 9.36. The first kappa shape index (κ1) is 28.7. The molecule has 3 saturated heterocycles. The molecule has 2 aromatic rings. The number of sulfone groups is 1. The average molecular weight is 589 g/mol. The van der Waals surface area contributed by atoms with Crippen molar-refractivity contribution in [3.8, 4) is 0 Å². The summed E-state index contributed by atoms with van der Waals surface area (Å²) in [5.41, 5.74) is 0.765. The number of piperazine rings is 1. The van der Waals surface area contributed by atoms with Crippen LogP contribution in [0, 0.1) is 0 Å². The van der Waals surface area contributed by atoms with E-state index in [1.807, 2.05) is 9.91 Å². The first-order chi connectivity index (χ1) is 19.2. The SMILES string of the molecule is CC(=O)N1CCN(Cc2cnc(NC(=O)C(=NN3CCCC3)c3ccc(S(=O)(=O)[C@H]4CCOC4)cc3)s2)C[C@@H]1C. The van der Waals surface area contributed by atoms with Gasteiger partial charge in [-0.25, -0.2) is 13.4 Å². The third-order valence-electron chi connectivity index (χ3n) is 7.59. The quantitative estimate of drug-likeness (QED) is 0.466. The van der Waals surface area contributed by atoms with E-state index in [0.29, 0.717) is 36.8 Å². The van der Waals surface area contributed by atoms with Gasteiger partial charge in [-0.15, -0.1) is 11.3 Å². The van der Waals surface area contributed by atoms with Crippen LogP contribution in [0.2, 0.25) is 0 Å². The second-order valence-electron chi connectivity index (χ2n) is 10.5. The minimum absolute atomic E-state index is 0.0982. The number of carbonyl (C=O) groups excluding carboxylic acids is 2. The largest absolute Gasteiger partial charge is 0.380 e. The van der Waals surface area contributed by atoms with E-state index in [2.05, 4.69) is 27.2 Å². The summed E-state index contributed by atoms with van der Waals surface area (Å²) in [6.45, 7) is 8.81. The topological polar surface area (TPSA) is 125 Å². The van der Waals surface area contributed by atoms with Crippen LogP contribution in [0.3, 0.4) is 0 Å². The van der Waals surface area contributed by atoms with Gasteiger partial charge in [-0.3, -0.25) is 24.8 Å². The van der Waals surface area contributed by atoms with Crippen LogP contribution in [0.1, 0.15) is 43.6 Å². The predicted molar refractivity (Wildman–Crippen MR) is 153 cm³/mol. The van der Waals surface area contributed by atoms with E-state index < -0.39 is 21.0 Å². The van der Waals surface area contributed by atoms with E-state index in [0.717, 1.165) is 43.9 Å². The number of benzene rings is 1. The van der Waals surface area contributed by atoms with Gasteiger partial charge < -0.3 is 9.64 Å². The Morgan fingerprint density at radius 2 is 1.90 bits per heavy atom. The molecule has 0 spiro atoms. The molecule has 3 fully saturated rings. The molecule has 0 unspecified atom stereocenters. The summed E-state index contributed by atoms with van der Waals surface area (Å²) in [7, 11) is -3.50. The van der Waals surface area contributed by atoms with Crippen LogP contribution in [0.25, 0.3) is 0 Å². The number of hydrogen-bond acceptors (Lipinski definition) is 10. The standard InChI is InChI=1S/C27H36N6O5S2/c1-19-16-31(12-13-33(19)20(2)34)17-22-15-28-27(39-22)29-26(35)25(30-32-10-3-4-11-32)21-5-7-23(8-6-21)40(36,37)24-9-14-38-18-24/h5-8,15,19,24H,3-4,9-14,16-18H2,1-2H3,(H,28,29,35)/t19-,24-/m0/s1. The summed E-state index contributed by atoms with van der Waals surface area (Å²) in [5.74, 6) is -0.294. The van der Waals surface area contributed by atoms with E-state index in [4.69, 9.17) is 4.74 Å². The number of amides is 2. The van der Waals surface area contributed by atoms with Gasteiger partial charge in [0.05, 0.1) is 16.8 Å². The van der Waals surface area contributed by atoms with Crippen molar-refractivity contribution in [2.45, 2.75) is 55.8 Å². The third kappa shape index (κ3) is 6.54. The van der Waals surface area contributed by atoms with Gasteiger partial charge in [-0.05, 0) is 38.3 Å². The van der Waals surface area contributed by atoms with Gasteiger partial charge >= 0.3 is 0 Å². The molecule has 3 aliphatic rings. The molecule has 216 valence electrons. The predicted octanol–water partition coefficient (Wildman–Crippen LogP) is 2.20. The van der Waals surface area contributed by atoms with Crippen LogP contribution < -0.4 is 5.32 Å². The number of hydrogen-bond donors (Lipinski definition) is 1. The zero-order chi connectivity index (χ0) is 28.3. The lowest BCUT2D eigenvalue weighted by molar-refractivity contribution is -0.133. The Hall–Kier alpha value is -2.87. The monoisotopic (exact) mass is 588 g/mol. The zero-order valence-electron chi connectivity index (χ0n) is 22.9. The fraction of sp³-hybridized carbons (Fsp3) is 0.556. The van der Waals surface area contributed by atoms with Gasteiger partial charge in [0.15, 0.2) is 20.7 Å². The molecule has 1 aromatic heterocycles. The molecule has 0 bridgehead atoms. The highest BCUT2D eigenvalue weighted by Crippen LogP contribution is 2.25. The maximum atomic E-state index is 13.4. The molecule has 0 aliphatic carbocycles. The summed E-state index contributed by atoms with van der Waals surface area (Å²) in [6.07, 6.45) is 4.27. The number of anilines is 1. The molecule has 13 heteroatoms. The molecule has 1 aromatic carbocycles. The first-order valence-corrected chi connectivity index (χ1v) is 16.1. The fourth-order valence-electron chi connectivity index (χ4n) is 5.39. The van der Waals surface area contributed by atoms with Crippen molar-refractivity contribution in [3.05, 3.63) is 40.9 Å². The van der Waals surface area contributed by atoms with Crippen LogP contribution in [-0.4, -0.2) is 103 Å². The number of hydrazone groups is 1. The van der Waals surface area contributed by atoms with Crippen molar-refractivity contribution in [2.24, 2.45) is 5.10 Å². The third-order valence-corrected chi connectivity index (χ3v) is 10.7. The van der Waals surface area contributed by atoms with E-state index in [1.54, 1.807) is 37.4 Å². The smallest absolute Gasteiger partial charge is 0.278 e. The molecular formula is C27H36N6O5S2. The zero-order valence-corrected chi connectivity index (χ0v) is 24.5. The summed E-state index contributed by atoms with van der Waals surface area (Å²) < 4.78 is 31.2. The van der Waals surface area contributed by atoms with Crippen molar-refractivity contribution < 1.29 is 22.7 Å². The number of carbonyl (C=O) groups is 2. The van der Waals surface area contributed by atoms with Crippen molar-refractivity contribution in [1.82, 2.24) is 19.8 Å². The highest BCUT2D eigenvalue weighted by molar-refractivity contribution is 7.92. The normalized spacial score (nSPS) is 22.6. The lowest BCUT2D eigenvalue weighted by Crippen LogP contribution is -2.52. The Morgan fingerprint density at radius 3 is 2.55 bits per heavy atom. The minimum atomic E-state index is -3.50. The summed E-state index contributed by atoms with van der Waals surface area (Å²) in [6, 6.07) is 6.53.